The summed E-state index contributed by atoms with van der Waals surface area (Å²) in [6.45, 7) is 0. The normalized spacial score (nSPS) is 13.2. The van der Waals surface area contributed by atoms with Crippen LogP contribution in [0.5, 0.6) is 0 Å². The maximum absolute atomic E-state index is 2.42. The Morgan fingerprint density at radius 3 is 1.54 bits per heavy atom. The fraction of sp³-hybridized carbons (Fsp3) is 0.0196. The Balaban J connectivity index is 1.05. The van der Waals surface area contributed by atoms with Gasteiger partial charge < -0.3 is 4.90 Å². The summed E-state index contributed by atoms with van der Waals surface area (Å²) < 4.78 is 0. The highest BCUT2D eigenvalue weighted by molar-refractivity contribution is 6.01. The highest BCUT2D eigenvalue weighted by Crippen LogP contribution is 2.63. The van der Waals surface area contributed by atoms with E-state index in [4.69, 9.17) is 0 Å². The van der Waals surface area contributed by atoms with E-state index in [1.54, 1.807) is 0 Å². The fourth-order valence-electron chi connectivity index (χ4n) is 9.23. The van der Waals surface area contributed by atoms with Gasteiger partial charge in [-0.1, -0.05) is 164 Å². The molecule has 52 heavy (non-hydrogen) atoms. The van der Waals surface area contributed by atoms with Crippen molar-refractivity contribution >= 4 is 38.6 Å². The van der Waals surface area contributed by atoms with Crippen molar-refractivity contribution < 1.29 is 0 Å². The van der Waals surface area contributed by atoms with Gasteiger partial charge in [-0.3, -0.25) is 0 Å². The second kappa shape index (κ2) is 11.2. The minimum absolute atomic E-state index is 0.319. The quantitative estimate of drug-likeness (QED) is 0.182. The van der Waals surface area contributed by atoms with Crippen LogP contribution in [0.1, 0.15) is 22.3 Å². The Bertz CT molecular complexity index is 2810. The molecular weight excluding hydrogens is 627 g/mol. The monoisotopic (exact) mass is 659 g/mol. The minimum Gasteiger partial charge on any atom is -0.310 e. The average molecular weight is 660 g/mol. The lowest BCUT2D eigenvalue weighted by Gasteiger charge is -2.30. The van der Waals surface area contributed by atoms with Crippen LogP contribution in [0.15, 0.2) is 200 Å². The third-order valence-electron chi connectivity index (χ3n) is 11.5. The Kier molecular flexibility index (Phi) is 6.23. The summed E-state index contributed by atoms with van der Waals surface area (Å²) in [5, 5.41) is 4.92. The highest BCUT2D eigenvalue weighted by atomic mass is 15.1. The first-order valence-electron chi connectivity index (χ1n) is 18.1. The van der Waals surface area contributed by atoms with Crippen molar-refractivity contribution in [3.8, 4) is 33.4 Å². The summed E-state index contributed by atoms with van der Waals surface area (Å²) in [7, 11) is 0. The fourth-order valence-corrected chi connectivity index (χ4v) is 9.23. The van der Waals surface area contributed by atoms with Crippen LogP contribution in [0.4, 0.5) is 17.1 Å². The number of benzene rings is 9. The molecule has 0 atom stereocenters. The molecule has 0 aromatic heterocycles. The third kappa shape index (κ3) is 4.05. The average Bonchev–Trinajstić information content (AvgIpc) is 3.68. The predicted octanol–water partition coefficient (Wildman–Crippen LogP) is 13.5. The summed E-state index contributed by atoms with van der Waals surface area (Å²) in [5.74, 6) is 0. The molecule has 0 radical (unpaired) electrons. The molecule has 242 valence electrons. The molecule has 0 bridgehead atoms. The molecule has 1 heteroatoms. The van der Waals surface area contributed by atoms with E-state index < -0.39 is 0 Å². The Labute approximate surface area is 303 Å². The molecule has 1 nitrogen and oxygen atoms in total. The van der Waals surface area contributed by atoms with E-state index in [0.717, 1.165) is 17.1 Å². The Hall–Kier alpha value is -6.70. The lowest BCUT2D eigenvalue weighted by Crippen LogP contribution is -2.25. The van der Waals surface area contributed by atoms with Crippen molar-refractivity contribution in [1.29, 1.82) is 0 Å². The van der Waals surface area contributed by atoms with E-state index in [9.17, 15) is 0 Å². The van der Waals surface area contributed by atoms with E-state index in [0.29, 0.717) is 0 Å². The zero-order valence-electron chi connectivity index (χ0n) is 28.5. The molecule has 0 saturated carbocycles. The van der Waals surface area contributed by atoms with E-state index >= 15 is 0 Å². The van der Waals surface area contributed by atoms with Crippen molar-refractivity contribution in [2.45, 2.75) is 5.41 Å². The van der Waals surface area contributed by atoms with Crippen LogP contribution in [0.2, 0.25) is 0 Å². The van der Waals surface area contributed by atoms with Crippen molar-refractivity contribution in [3.63, 3.8) is 0 Å². The topological polar surface area (TPSA) is 3.24 Å². The van der Waals surface area contributed by atoms with Crippen LogP contribution < -0.4 is 4.90 Å². The third-order valence-corrected chi connectivity index (χ3v) is 11.5. The summed E-state index contributed by atoms with van der Waals surface area (Å²) in [6.07, 6.45) is 0. The smallest absolute Gasteiger partial charge is 0.0725 e. The number of rotatable bonds is 4. The molecule has 2 aliphatic rings. The van der Waals surface area contributed by atoms with Gasteiger partial charge in [0.2, 0.25) is 0 Å². The zero-order valence-corrected chi connectivity index (χ0v) is 28.5. The number of anilines is 3. The first-order chi connectivity index (χ1) is 25.8. The second-order valence-electron chi connectivity index (χ2n) is 14.1. The lowest BCUT2D eigenvalue weighted by molar-refractivity contribution is 0.794. The summed E-state index contributed by atoms with van der Waals surface area (Å²) in [6, 6.07) is 73.9. The summed E-state index contributed by atoms with van der Waals surface area (Å²) in [5.41, 5.74) is 16.3. The first-order valence-corrected chi connectivity index (χ1v) is 18.1. The van der Waals surface area contributed by atoms with E-state index in [1.807, 2.05) is 0 Å². The van der Waals surface area contributed by atoms with Gasteiger partial charge in [0.1, 0.15) is 0 Å². The molecular formula is C51H33N. The van der Waals surface area contributed by atoms with E-state index in [1.165, 1.54) is 77.2 Å². The second-order valence-corrected chi connectivity index (χ2v) is 14.1. The highest BCUT2D eigenvalue weighted by Gasteiger charge is 2.51. The minimum atomic E-state index is -0.319. The van der Waals surface area contributed by atoms with Gasteiger partial charge in [0.25, 0.3) is 0 Å². The van der Waals surface area contributed by atoms with E-state index in [2.05, 4.69) is 205 Å². The van der Waals surface area contributed by atoms with Crippen LogP contribution in [-0.4, -0.2) is 0 Å². The van der Waals surface area contributed by atoms with Crippen molar-refractivity contribution in [1.82, 2.24) is 0 Å². The van der Waals surface area contributed by atoms with Gasteiger partial charge in [0.05, 0.1) is 11.1 Å². The zero-order chi connectivity index (χ0) is 34.2. The van der Waals surface area contributed by atoms with Gasteiger partial charge in [0.15, 0.2) is 0 Å². The van der Waals surface area contributed by atoms with Crippen molar-refractivity contribution in [3.05, 3.63) is 222 Å². The Morgan fingerprint density at radius 1 is 0.308 bits per heavy atom. The van der Waals surface area contributed by atoms with Gasteiger partial charge in [-0.25, -0.2) is 0 Å². The molecule has 0 aliphatic heterocycles. The van der Waals surface area contributed by atoms with Gasteiger partial charge >= 0.3 is 0 Å². The number of fused-ring (bicyclic) bond motifs is 12. The van der Waals surface area contributed by atoms with Gasteiger partial charge in [0, 0.05) is 16.8 Å². The van der Waals surface area contributed by atoms with Crippen LogP contribution >= 0.6 is 0 Å². The molecule has 0 N–H and O–H groups in total. The number of hydrogen-bond acceptors (Lipinski definition) is 1. The van der Waals surface area contributed by atoms with Gasteiger partial charge in [-0.2, -0.15) is 0 Å². The standard InChI is InChI=1S/C51H33N/c1-2-14-37-32-40(30-26-34(37)12-1)52(50-23-11-15-36-13-3-4-16-41(36)50)39-28-24-35(25-29-39)38-27-31-49-45(33-38)44-19-7-10-22-48(44)51(49)46-20-8-5-17-42(46)43-18-6-9-21-47(43)51/h1-33H. The number of hydrogen-bond donors (Lipinski definition) is 0. The van der Waals surface area contributed by atoms with Gasteiger partial charge in [-0.15, -0.1) is 0 Å². The van der Waals surface area contributed by atoms with Crippen LogP contribution in [0.3, 0.4) is 0 Å². The molecule has 2 aliphatic carbocycles. The summed E-state index contributed by atoms with van der Waals surface area (Å²) in [4.78, 5) is 2.40. The molecule has 11 rings (SSSR count). The van der Waals surface area contributed by atoms with Crippen LogP contribution in [0, 0.1) is 0 Å². The molecule has 9 aromatic carbocycles. The van der Waals surface area contributed by atoms with Crippen LogP contribution in [-0.2, 0) is 5.41 Å². The maximum atomic E-state index is 2.42. The molecule has 0 saturated heterocycles. The van der Waals surface area contributed by atoms with E-state index in [-0.39, 0.29) is 5.41 Å². The first kappa shape index (κ1) is 29.1. The Morgan fingerprint density at radius 2 is 0.827 bits per heavy atom. The lowest BCUT2D eigenvalue weighted by atomic mass is 9.70. The van der Waals surface area contributed by atoms with Gasteiger partial charge in [-0.05, 0) is 108 Å². The molecule has 0 heterocycles. The summed E-state index contributed by atoms with van der Waals surface area (Å²) >= 11 is 0. The van der Waals surface area contributed by atoms with Crippen molar-refractivity contribution in [2.75, 3.05) is 4.90 Å². The largest absolute Gasteiger partial charge is 0.310 e. The maximum Gasteiger partial charge on any atom is 0.0725 e. The molecule has 0 unspecified atom stereocenters. The molecule has 0 amide bonds. The molecule has 9 aromatic rings. The SMILES string of the molecule is c1ccc2c(c1)-c1ccccc1C21c2ccccc2-c2cc(-c3ccc(N(c4ccc5ccccc5c4)c4cccc5ccccc45)cc3)ccc21. The van der Waals surface area contributed by atoms with Crippen LogP contribution in [0.25, 0.3) is 54.9 Å². The number of nitrogens with zero attached hydrogens (tertiary/aromatic N) is 1. The predicted molar refractivity (Wildman–Crippen MR) is 218 cm³/mol. The molecule has 1 spiro atoms. The van der Waals surface area contributed by atoms with Crippen molar-refractivity contribution in [2.24, 2.45) is 0 Å². The molecule has 0 fully saturated rings.